The number of rotatable bonds is 3. The SMILES string of the molecule is COC(=O)CCC(=O)N1CCN2CCNC(=O)[C@@H]2C1. The van der Waals surface area contributed by atoms with E-state index in [0.29, 0.717) is 26.2 Å². The number of fused-ring (bicyclic) bond motifs is 1. The Kier molecular flexibility index (Phi) is 4.36. The Hall–Kier alpha value is -1.63. The minimum atomic E-state index is -0.387. The lowest BCUT2D eigenvalue weighted by atomic mass is 10.1. The first kappa shape index (κ1) is 13.8. The summed E-state index contributed by atoms with van der Waals surface area (Å²) < 4.78 is 4.51. The Balaban J connectivity index is 1.86. The normalized spacial score (nSPS) is 23.5. The van der Waals surface area contributed by atoms with Crippen LogP contribution in [0.2, 0.25) is 0 Å². The van der Waals surface area contributed by atoms with E-state index in [0.717, 1.165) is 6.54 Å². The Morgan fingerprint density at radius 1 is 1.32 bits per heavy atom. The molecule has 2 heterocycles. The molecule has 1 atom stereocenters. The van der Waals surface area contributed by atoms with Crippen LogP contribution in [0.4, 0.5) is 0 Å². The first-order chi connectivity index (χ1) is 9.11. The highest BCUT2D eigenvalue weighted by atomic mass is 16.5. The molecule has 7 nitrogen and oxygen atoms in total. The highest BCUT2D eigenvalue weighted by molar-refractivity contribution is 5.85. The lowest BCUT2D eigenvalue weighted by Crippen LogP contribution is -2.64. The molecule has 2 aliphatic heterocycles. The van der Waals surface area contributed by atoms with Crippen molar-refractivity contribution in [1.29, 1.82) is 0 Å². The average Bonchev–Trinajstić information content (AvgIpc) is 2.44. The first-order valence-corrected chi connectivity index (χ1v) is 6.48. The predicted octanol–water partition coefficient (Wildman–Crippen LogP) is -1.42. The molecule has 7 heteroatoms. The molecule has 2 saturated heterocycles. The number of esters is 1. The van der Waals surface area contributed by atoms with E-state index in [4.69, 9.17) is 0 Å². The number of nitrogens with one attached hydrogen (secondary N) is 1. The highest BCUT2D eigenvalue weighted by Gasteiger charge is 2.36. The second-order valence-electron chi connectivity index (χ2n) is 4.76. The van der Waals surface area contributed by atoms with Crippen LogP contribution in [0.3, 0.4) is 0 Å². The van der Waals surface area contributed by atoms with E-state index >= 15 is 0 Å². The zero-order valence-corrected chi connectivity index (χ0v) is 11.1. The van der Waals surface area contributed by atoms with Crippen molar-refractivity contribution in [2.24, 2.45) is 0 Å². The number of amides is 2. The number of hydrogen-bond donors (Lipinski definition) is 1. The van der Waals surface area contributed by atoms with Crippen LogP contribution < -0.4 is 5.32 Å². The van der Waals surface area contributed by atoms with Gasteiger partial charge in [-0.25, -0.2) is 0 Å². The largest absolute Gasteiger partial charge is 0.469 e. The number of carbonyl (C=O) groups excluding carboxylic acids is 3. The zero-order valence-electron chi connectivity index (χ0n) is 11.1. The molecule has 0 aliphatic carbocycles. The number of hydrogen-bond acceptors (Lipinski definition) is 5. The van der Waals surface area contributed by atoms with Crippen LogP contribution in [-0.2, 0) is 19.1 Å². The van der Waals surface area contributed by atoms with Crippen molar-refractivity contribution < 1.29 is 19.1 Å². The smallest absolute Gasteiger partial charge is 0.306 e. The predicted molar refractivity (Wildman–Crippen MR) is 66.2 cm³/mol. The van der Waals surface area contributed by atoms with Gasteiger partial charge >= 0.3 is 5.97 Å². The molecule has 2 amide bonds. The first-order valence-electron chi connectivity index (χ1n) is 6.48. The van der Waals surface area contributed by atoms with E-state index < -0.39 is 0 Å². The standard InChI is InChI=1S/C12H19N3O4/c1-19-11(17)3-2-10(16)15-7-6-14-5-4-13-12(18)9(14)8-15/h9H,2-8H2,1H3,(H,13,18)/t9-/m0/s1. The maximum Gasteiger partial charge on any atom is 0.306 e. The van der Waals surface area contributed by atoms with Gasteiger partial charge in [0.2, 0.25) is 11.8 Å². The van der Waals surface area contributed by atoms with Crippen molar-refractivity contribution >= 4 is 17.8 Å². The summed E-state index contributed by atoms with van der Waals surface area (Å²) in [5.74, 6) is -0.498. The van der Waals surface area contributed by atoms with Crippen molar-refractivity contribution in [2.75, 3.05) is 39.8 Å². The molecular weight excluding hydrogens is 250 g/mol. The lowest BCUT2D eigenvalue weighted by Gasteiger charge is -2.43. The maximum absolute atomic E-state index is 12.0. The number of carbonyl (C=O) groups is 3. The molecule has 0 saturated carbocycles. The van der Waals surface area contributed by atoms with Crippen molar-refractivity contribution in [1.82, 2.24) is 15.1 Å². The number of nitrogens with zero attached hydrogens (tertiary/aromatic N) is 2. The summed E-state index contributed by atoms with van der Waals surface area (Å²) in [7, 11) is 1.30. The highest BCUT2D eigenvalue weighted by Crippen LogP contribution is 2.13. The third-order valence-electron chi connectivity index (χ3n) is 3.62. The van der Waals surface area contributed by atoms with Crippen LogP contribution in [0, 0.1) is 0 Å². The van der Waals surface area contributed by atoms with Crippen LogP contribution >= 0.6 is 0 Å². The monoisotopic (exact) mass is 269 g/mol. The molecule has 0 radical (unpaired) electrons. The van der Waals surface area contributed by atoms with Gasteiger partial charge in [-0.05, 0) is 0 Å². The summed E-state index contributed by atoms with van der Waals surface area (Å²) in [5.41, 5.74) is 0. The van der Waals surface area contributed by atoms with Gasteiger partial charge in [0.15, 0.2) is 0 Å². The van der Waals surface area contributed by atoms with Crippen LogP contribution in [0.15, 0.2) is 0 Å². The van der Waals surface area contributed by atoms with Crippen LogP contribution in [-0.4, -0.2) is 73.5 Å². The number of methoxy groups -OCH3 is 1. The van der Waals surface area contributed by atoms with Crippen LogP contribution in [0.25, 0.3) is 0 Å². The Labute approximate surface area is 111 Å². The molecule has 0 bridgehead atoms. The minimum Gasteiger partial charge on any atom is -0.469 e. The van der Waals surface area contributed by atoms with Gasteiger partial charge < -0.3 is 15.0 Å². The molecule has 0 aromatic heterocycles. The fourth-order valence-electron chi connectivity index (χ4n) is 2.47. The maximum atomic E-state index is 12.0. The molecule has 2 aliphatic rings. The molecule has 1 N–H and O–H groups in total. The summed E-state index contributed by atoms with van der Waals surface area (Å²) >= 11 is 0. The summed E-state index contributed by atoms with van der Waals surface area (Å²) in [6.45, 7) is 3.24. The van der Waals surface area contributed by atoms with E-state index in [1.807, 2.05) is 0 Å². The number of piperazine rings is 2. The molecule has 2 fully saturated rings. The van der Waals surface area contributed by atoms with E-state index in [-0.39, 0.29) is 36.7 Å². The van der Waals surface area contributed by atoms with Gasteiger partial charge in [0.1, 0.15) is 6.04 Å². The third-order valence-corrected chi connectivity index (χ3v) is 3.62. The second-order valence-corrected chi connectivity index (χ2v) is 4.76. The molecule has 0 aromatic rings. The molecule has 106 valence electrons. The lowest BCUT2D eigenvalue weighted by molar-refractivity contribution is -0.146. The van der Waals surface area contributed by atoms with Crippen molar-refractivity contribution in [3.8, 4) is 0 Å². The van der Waals surface area contributed by atoms with Crippen LogP contribution in [0.1, 0.15) is 12.8 Å². The van der Waals surface area contributed by atoms with Crippen LogP contribution in [0.5, 0.6) is 0 Å². The molecule has 19 heavy (non-hydrogen) atoms. The van der Waals surface area contributed by atoms with Gasteiger partial charge in [0.05, 0.1) is 13.5 Å². The van der Waals surface area contributed by atoms with Gasteiger partial charge in [0.25, 0.3) is 0 Å². The van der Waals surface area contributed by atoms with Crippen molar-refractivity contribution in [3.05, 3.63) is 0 Å². The van der Waals surface area contributed by atoms with Gasteiger partial charge in [-0.3, -0.25) is 19.3 Å². The fraction of sp³-hybridized carbons (Fsp3) is 0.750. The topological polar surface area (TPSA) is 79.0 Å². The van der Waals surface area contributed by atoms with Gasteiger partial charge in [-0.15, -0.1) is 0 Å². The van der Waals surface area contributed by atoms with E-state index in [1.165, 1.54) is 7.11 Å². The summed E-state index contributed by atoms with van der Waals surface area (Å²) in [6.07, 6.45) is 0.230. The molecule has 0 spiro atoms. The second kappa shape index (κ2) is 6.01. The minimum absolute atomic E-state index is 0.0169. The summed E-state index contributed by atoms with van der Waals surface area (Å²) in [4.78, 5) is 38.5. The van der Waals surface area contributed by atoms with E-state index in [9.17, 15) is 14.4 Å². The summed E-state index contributed by atoms with van der Waals surface area (Å²) in [6, 6.07) is -0.246. The van der Waals surface area contributed by atoms with Gasteiger partial charge in [-0.2, -0.15) is 0 Å². The average molecular weight is 269 g/mol. The van der Waals surface area contributed by atoms with Crippen molar-refractivity contribution in [3.63, 3.8) is 0 Å². The number of ether oxygens (including phenoxy) is 1. The van der Waals surface area contributed by atoms with Gasteiger partial charge in [-0.1, -0.05) is 0 Å². The molecule has 0 unspecified atom stereocenters. The van der Waals surface area contributed by atoms with E-state index in [1.54, 1.807) is 4.90 Å². The molecule has 0 aromatic carbocycles. The van der Waals surface area contributed by atoms with E-state index in [2.05, 4.69) is 15.0 Å². The molecular formula is C12H19N3O4. The Bertz CT molecular complexity index is 385. The van der Waals surface area contributed by atoms with Crippen molar-refractivity contribution in [2.45, 2.75) is 18.9 Å². The Morgan fingerprint density at radius 3 is 2.84 bits per heavy atom. The Morgan fingerprint density at radius 2 is 2.11 bits per heavy atom. The summed E-state index contributed by atoms with van der Waals surface area (Å²) in [5, 5.41) is 2.81. The third kappa shape index (κ3) is 3.23. The fourth-order valence-corrected chi connectivity index (χ4v) is 2.47. The van der Waals surface area contributed by atoms with Gasteiger partial charge in [0, 0.05) is 39.1 Å². The quantitative estimate of drug-likeness (QED) is 0.636. The molecule has 2 rings (SSSR count). The zero-order chi connectivity index (χ0) is 13.8.